The highest BCUT2D eigenvalue weighted by molar-refractivity contribution is 6.13. The predicted octanol–water partition coefficient (Wildman–Crippen LogP) is 9.43. The maximum atomic E-state index is 6.93. The summed E-state index contributed by atoms with van der Waals surface area (Å²) in [7, 11) is 0. The lowest BCUT2D eigenvalue weighted by atomic mass is 9.87. The van der Waals surface area contributed by atoms with Crippen LogP contribution in [-0.2, 0) is 0 Å². The van der Waals surface area contributed by atoms with Gasteiger partial charge in [0.25, 0.3) is 0 Å². The van der Waals surface area contributed by atoms with Crippen molar-refractivity contribution in [2.45, 2.75) is 25.0 Å². The van der Waals surface area contributed by atoms with Gasteiger partial charge < -0.3 is 9.47 Å². The first-order chi connectivity index (χ1) is 23.3. The molecule has 1 aliphatic heterocycles. The summed E-state index contributed by atoms with van der Waals surface area (Å²) in [5.74, 6) is 3.33. The maximum Gasteiger partial charge on any atom is 0.238 e. The summed E-state index contributed by atoms with van der Waals surface area (Å²) in [4.78, 5) is 15.1. The smallest absolute Gasteiger partial charge is 0.238 e. The van der Waals surface area contributed by atoms with E-state index in [0.717, 1.165) is 62.8 Å². The van der Waals surface area contributed by atoms with E-state index >= 15 is 0 Å². The second-order valence-electron chi connectivity index (χ2n) is 12.2. The third-order valence-electron chi connectivity index (χ3n) is 9.42. The van der Waals surface area contributed by atoms with Gasteiger partial charge >= 0.3 is 0 Å². The second kappa shape index (κ2) is 10.3. The number of ether oxygens (including phenoxy) is 2. The molecule has 2 aliphatic carbocycles. The first-order valence-corrected chi connectivity index (χ1v) is 16.1. The predicted molar refractivity (Wildman–Crippen MR) is 187 cm³/mol. The standard InChI is InChI=1S/C41H28N4O2/c1-3-12-27(13-4-1)39-42-40(28-14-5-2-6-15-28)44-41(43-39)45-31-18-10-9-17-30(31)36-32(45)22-24-34-38(36)47-33-23-21-26-20-19-25-11-7-8-16-29(25)35(26)37(33)46-34/h1,3-5,7-24,33,37H,2,6H2. The zero-order valence-electron chi connectivity index (χ0n) is 25.4. The fourth-order valence-electron chi connectivity index (χ4n) is 7.26. The zero-order valence-corrected chi connectivity index (χ0v) is 25.4. The van der Waals surface area contributed by atoms with Crippen LogP contribution in [0.5, 0.6) is 11.5 Å². The molecule has 10 rings (SSSR count). The number of hydrogen-bond donors (Lipinski definition) is 0. The van der Waals surface area contributed by atoms with Crippen LogP contribution < -0.4 is 9.47 Å². The summed E-state index contributed by atoms with van der Waals surface area (Å²) in [5, 5.41) is 4.41. The van der Waals surface area contributed by atoms with E-state index < -0.39 is 0 Å². The van der Waals surface area contributed by atoms with Crippen LogP contribution in [0.1, 0.15) is 35.9 Å². The third-order valence-corrected chi connectivity index (χ3v) is 9.42. The van der Waals surface area contributed by atoms with Crippen molar-refractivity contribution in [2.24, 2.45) is 0 Å². The van der Waals surface area contributed by atoms with Crippen molar-refractivity contribution in [3.63, 3.8) is 0 Å². The van der Waals surface area contributed by atoms with E-state index in [-0.39, 0.29) is 12.2 Å². The molecule has 0 saturated heterocycles. The lowest BCUT2D eigenvalue weighted by molar-refractivity contribution is 0.0486. The van der Waals surface area contributed by atoms with Gasteiger partial charge in [-0.15, -0.1) is 0 Å². The first-order valence-electron chi connectivity index (χ1n) is 16.1. The molecule has 2 unspecified atom stereocenters. The van der Waals surface area contributed by atoms with Crippen LogP contribution >= 0.6 is 0 Å². The van der Waals surface area contributed by atoms with Gasteiger partial charge in [0.05, 0.1) is 16.4 Å². The number of hydrogen-bond acceptors (Lipinski definition) is 5. The Labute approximate surface area is 271 Å². The molecule has 6 nitrogen and oxygen atoms in total. The number of nitrogens with zero attached hydrogens (tertiary/aromatic N) is 4. The summed E-state index contributed by atoms with van der Waals surface area (Å²) < 4.78 is 15.9. The van der Waals surface area contributed by atoms with Crippen molar-refractivity contribution in [3.05, 3.63) is 144 Å². The van der Waals surface area contributed by atoms with Crippen LogP contribution in [0.2, 0.25) is 0 Å². The Bertz CT molecular complexity index is 2490. The highest BCUT2D eigenvalue weighted by Gasteiger charge is 2.37. The van der Waals surface area contributed by atoms with Crippen LogP contribution in [0.15, 0.2) is 127 Å². The molecule has 0 amide bonds. The molecule has 2 aromatic heterocycles. The van der Waals surface area contributed by atoms with Crippen molar-refractivity contribution in [1.82, 2.24) is 19.5 Å². The summed E-state index contributed by atoms with van der Waals surface area (Å²) >= 11 is 0. The number of rotatable bonds is 3. The monoisotopic (exact) mass is 608 g/mol. The summed E-state index contributed by atoms with van der Waals surface area (Å²) in [6.45, 7) is 0. The number of fused-ring (bicyclic) bond motifs is 10. The highest BCUT2D eigenvalue weighted by Crippen LogP contribution is 2.50. The summed E-state index contributed by atoms with van der Waals surface area (Å²) in [5.41, 5.74) is 6.22. The van der Waals surface area contributed by atoms with Crippen molar-refractivity contribution in [1.29, 1.82) is 0 Å². The molecule has 0 saturated carbocycles. The van der Waals surface area contributed by atoms with Gasteiger partial charge in [-0.25, -0.2) is 4.98 Å². The minimum absolute atomic E-state index is 0.254. The van der Waals surface area contributed by atoms with E-state index in [2.05, 4.69) is 102 Å². The summed E-state index contributed by atoms with van der Waals surface area (Å²) in [6, 6.07) is 35.4. The topological polar surface area (TPSA) is 62.1 Å². The van der Waals surface area contributed by atoms with E-state index in [4.69, 9.17) is 24.4 Å². The van der Waals surface area contributed by atoms with Gasteiger partial charge in [-0.1, -0.05) is 109 Å². The Morgan fingerprint density at radius 2 is 1.49 bits per heavy atom. The van der Waals surface area contributed by atoms with Gasteiger partial charge in [0, 0.05) is 22.1 Å². The number of benzene rings is 5. The van der Waals surface area contributed by atoms with Crippen molar-refractivity contribution >= 4 is 44.2 Å². The van der Waals surface area contributed by atoms with Crippen LogP contribution in [0.25, 0.3) is 61.6 Å². The number of para-hydroxylation sites is 1. The van der Waals surface area contributed by atoms with Gasteiger partial charge in [-0.05, 0) is 53.5 Å². The molecule has 3 heterocycles. The Balaban J connectivity index is 1.18. The van der Waals surface area contributed by atoms with Crippen LogP contribution in [-0.4, -0.2) is 25.6 Å². The molecule has 0 bridgehead atoms. The molecule has 3 aliphatic rings. The Morgan fingerprint density at radius 1 is 0.660 bits per heavy atom. The molecule has 7 aromatic rings. The van der Waals surface area contributed by atoms with E-state index in [0.29, 0.717) is 17.6 Å². The number of allylic oxidation sites excluding steroid dienone is 4. The van der Waals surface area contributed by atoms with E-state index in [1.54, 1.807) is 0 Å². The molecule has 0 radical (unpaired) electrons. The molecular weight excluding hydrogens is 580 g/mol. The Morgan fingerprint density at radius 3 is 2.38 bits per heavy atom. The van der Waals surface area contributed by atoms with Crippen LogP contribution in [0.4, 0.5) is 0 Å². The molecular formula is C41H28N4O2. The maximum absolute atomic E-state index is 6.93. The Kier molecular flexibility index (Phi) is 5.72. The lowest BCUT2D eigenvalue weighted by Gasteiger charge is -2.36. The molecule has 5 aromatic carbocycles. The van der Waals surface area contributed by atoms with Crippen LogP contribution in [0, 0.1) is 0 Å². The summed E-state index contributed by atoms with van der Waals surface area (Å²) in [6.07, 6.45) is 12.2. The Hall–Kier alpha value is -6.01. The number of aromatic nitrogens is 4. The molecule has 224 valence electrons. The normalized spacial score (nSPS) is 17.9. The van der Waals surface area contributed by atoms with E-state index in [1.165, 1.54) is 16.3 Å². The van der Waals surface area contributed by atoms with Crippen LogP contribution in [0.3, 0.4) is 0 Å². The lowest BCUT2D eigenvalue weighted by Crippen LogP contribution is -2.34. The fourth-order valence-corrected chi connectivity index (χ4v) is 7.26. The molecule has 0 fully saturated rings. The molecule has 2 atom stereocenters. The van der Waals surface area contributed by atoms with Gasteiger partial charge in [0.2, 0.25) is 5.95 Å². The zero-order chi connectivity index (χ0) is 30.9. The van der Waals surface area contributed by atoms with Crippen molar-refractivity contribution in [2.75, 3.05) is 0 Å². The van der Waals surface area contributed by atoms with Crippen molar-refractivity contribution in [3.8, 4) is 28.8 Å². The molecule has 6 heteroatoms. The van der Waals surface area contributed by atoms with Gasteiger partial charge in [0.15, 0.2) is 35.4 Å². The third kappa shape index (κ3) is 4.08. The second-order valence-corrected chi connectivity index (χ2v) is 12.2. The van der Waals surface area contributed by atoms with E-state index in [9.17, 15) is 0 Å². The highest BCUT2D eigenvalue weighted by atomic mass is 16.6. The van der Waals surface area contributed by atoms with Crippen molar-refractivity contribution < 1.29 is 9.47 Å². The van der Waals surface area contributed by atoms with Gasteiger partial charge in [-0.2, -0.15) is 9.97 Å². The average molecular weight is 609 g/mol. The minimum atomic E-state index is -0.271. The fraction of sp³-hybridized carbons (Fsp3) is 0.0976. The quantitative estimate of drug-likeness (QED) is 0.200. The molecule has 0 N–H and O–H groups in total. The first kappa shape index (κ1) is 26.2. The largest absolute Gasteiger partial charge is 0.478 e. The van der Waals surface area contributed by atoms with Gasteiger partial charge in [0.1, 0.15) is 0 Å². The molecule has 0 spiro atoms. The molecule has 47 heavy (non-hydrogen) atoms. The van der Waals surface area contributed by atoms with Gasteiger partial charge in [-0.3, -0.25) is 4.57 Å². The average Bonchev–Trinajstić information content (AvgIpc) is 3.49. The minimum Gasteiger partial charge on any atom is -0.478 e. The van der Waals surface area contributed by atoms with E-state index in [1.807, 2.05) is 36.4 Å². The SMILES string of the molecule is C1=CC(c2nc(-c3ccccc3)nc(-n3c4ccccc4c4c5c(ccc43)OC3c4c(ccc6ccccc46)C=CC3O5)n2)=CCC1.